The van der Waals surface area contributed by atoms with Crippen LogP contribution in [0.3, 0.4) is 0 Å². The van der Waals surface area contributed by atoms with E-state index in [1.54, 1.807) is 0 Å². The van der Waals surface area contributed by atoms with Gasteiger partial charge in [0.15, 0.2) is 0 Å². The minimum absolute atomic E-state index is 0.0521. The molecule has 0 spiro atoms. The van der Waals surface area contributed by atoms with Crippen LogP contribution < -0.4 is 10.9 Å². The van der Waals surface area contributed by atoms with Gasteiger partial charge in [0.25, 0.3) is 0 Å². The van der Waals surface area contributed by atoms with Gasteiger partial charge in [0.1, 0.15) is 0 Å². The minimum Gasteiger partial charge on any atom is -0.361 e. The van der Waals surface area contributed by atoms with E-state index in [0.29, 0.717) is 6.42 Å². The molecule has 5 heteroatoms. The van der Waals surface area contributed by atoms with Crippen LogP contribution in [0, 0.1) is 0 Å². The predicted octanol–water partition coefficient (Wildman–Crippen LogP) is 5.27. The van der Waals surface area contributed by atoms with Gasteiger partial charge in [-0.15, -0.1) is 0 Å². The highest BCUT2D eigenvalue weighted by Crippen LogP contribution is 2.20. The third-order valence-electron chi connectivity index (χ3n) is 5.01. The van der Waals surface area contributed by atoms with E-state index in [9.17, 15) is 9.59 Å². The van der Waals surface area contributed by atoms with Gasteiger partial charge < -0.3 is 15.3 Å². The SMILES string of the molecule is O=C1CCc2ccccc2N1.O=c1ccc2ccccc2[nH]1.c1ccc2[nH]ccc2c1. The lowest BCUT2D eigenvalue weighted by Crippen LogP contribution is -2.18. The Hall–Kier alpha value is -4.12. The summed E-state index contributed by atoms with van der Waals surface area (Å²) in [5, 5.41) is 5.16. The summed E-state index contributed by atoms with van der Waals surface area (Å²) in [4.78, 5) is 27.6. The number of rotatable bonds is 0. The number of fused-ring (bicyclic) bond motifs is 3. The number of aromatic nitrogens is 2. The summed E-state index contributed by atoms with van der Waals surface area (Å²) in [6.45, 7) is 0. The standard InChI is InChI=1S/C9H9NO.C9H7NO.C8H7N/c2*11-9-6-5-7-3-1-2-4-8(7)10-9;1-2-4-8-7(3-1)5-6-9-8/h1-4H,5-6H2,(H,10,11);1-6H,(H,10,11);1-6,9H. The first-order valence-corrected chi connectivity index (χ1v) is 10.2. The predicted molar refractivity (Wildman–Crippen MR) is 126 cm³/mol. The Labute approximate surface area is 179 Å². The van der Waals surface area contributed by atoms with E-state index in [0.717, 1.165) is 23.0 Å². The molecule has 0 radical (unpaired) electrons. The van der Waals surface area contributed by atoms with E-state index < -0.39 is 0 Å². The molecule has 0 unspecified atom stereocenters. The van der Waals surface area contributed by atoms with Gasteiger partial charge in [0, 0.05) is 35.4 Å². The van der Waals surface area contributed by atoms with E-state index in [2.05, 4.69) is 39.6 Å². The largest absolute Gasteiger partial charge is 0.361 e. The maximum absolute atomic E-state index is 10.9. The fourth-order valence-electron chi connectivity index (χ4n) is 3.41. The second-order valence-corrected chi connectivity index (χ2v) is 7.18. The molecular weight excluding hydrogens is 386 g/mol. The van der Waals surface area contributed by atoms with Crippen molar-refractivity contribution >= 4 is 33.4 Å². The highest BCUT2D eigenvalue weighted by Gasteiger charge is 2.12. The van der Waals surface area contributed by atoms with Crippen molar-refractivity contribution in [2.24, 2.45) is 0 Å². The fraction of sp³-hybridized carbons (Fsp3) is 0.0769. The van der Waals surface area contributed by atoms with Crippen LogP contribution in [0.2, 0.25) is 0 Å². The zero-order valence-corrected chi connectivity index (χ0v) is 17.0. The molecule has 6 rings (SSSR count). The molecule has 31 heavy (non-hydrogen) atoms. The van der Waals surface area contributed by atoms with Gasteiger partial charge in [0.05, 0.1) is 0 Å². The van der Waals surface area contributed by atoms with Gasteiger partial charge in [-0.25, -0.2) is 0 Å². The summed E-state index contributed by atoms with van der Waals surface area (Å²) >= 11 is 0. The maximum atomic E-state index is 10.9. The second kappa shape index (κ2) is 9.59. The van der Waals surface area contributed by atoms with E-state index in [1.807, 2.05) is 66.9 Å². The average Bonchev–Trinajstić information content (AvgIpc) is 3.29. The van der Waals surface area contributed by atoms with Crippen molar-refractivity contribution in [1.82, 2.24) is 9.97 Å². The number of para-hydroxylation sites is 3. The van der Waals surface area contributed by atoms with Gasteiger partial charge in [0.2, 0.25) is 11.5 Å². The van der Waals surface area contributed by atoms with Crippen molar-refractivity contribution in [2.45, 2.75) is 12.8 Å². The Balaban J connectivity index is 0.000000113. The molecule has 1 aliphatic heterocycles. The van der Waals surface area contributed by atoms with Crippen molar-refractivity contribution in [3.63, 3.8) is 0 Å². The summed E-state index contributed by atoms with van der Waals surface area (Å²) < 4.78 is 0. The first-order valence-electron chi connectivity index (χ1n) is 10.2. The number of anilines is 1. The molecule has 3 aromatic carbocycles. The van der Waals surface area contributed by atoms with Gasteiger partial charge in [-0.2, -0.15) is 0 Å². The topological polar surface area (TPSA) is 77.8 Å². The number of nitrogens with one attached hydrogen (secondary N) is 3. The summed E-state index contributed by atoms with van der Waals surface area (Å²) in [6.07, 6.45) is 3.45. The molecule has 5 nitrogen and oxygen atoms in total. The van der Waals surface area contributed by atoms with Gasteiger partial charge >= 0.3 is 0 Å². The Kier molecular flexibility index (Phi) is 6.24. The molecule has 0 bridgehead atoms. The zero-order valence-electron chi connectivity index (χ0n) is 17.0. The Morgan fingerprint density at radius 2 is 1.29 bits per heavy atom. The quantitative estimate of drug-likeness (QED) is 0.326. The van der Waals surface area contributed by atoms with Crippen LogP contribution in [-0.4, -0.2) is 15.9 Å². The molecule has 0 saturated heterocycles. The number of carbonyl (C=O) groups excluding carboxylic acids is 1. The summed E-state index contributed by atoms with van der Waals surface area (Å²) in [5.74, 6) is 0.128. The first-order chi connectivity index (χ1) is 15.2. The first kappa shape index (κ1) is 20.2. The van der Waals surface area contributed by atoms with Crippen molar-refractivity contribution in [1.29, 1.82) is 0 Å². The molecule has 3 N–H and O–H groups in total. The number of amides is 1. The summed E-state index contributed by atoms with van der Waals surface area (Å²) in [7, 11) is 0. The molecule has 2 aromatic heterocycles. The van der Waals surface area contributed by atoms with E-state index in [4.69, 9.17) is 0 Å². The fourth-order valence-corrected chi connectivity index (χ4v) is 3.41. The van der Waals surface area contributed by atoms with Crippen LogP contribution in [0.15, 0.2) is 102 Å². The molecule has 154 valence electrons. The monoisotopic (exact) mass is 409 g/mol. The molecule has 1 aliphatic rings. The number of H-pyrrole nitrogens is 2. The van der Waals surface area contributed by atoms with Crippen LogP contribution in [0.1, 0.15) is 12.0 Å². The molecule has 0 saturated carbocycles. The van der Waals surface area contributed by atoms with Gasteiger partial charge in [-0.1, -0.05) is 54.6 Å². The molecule has 0 aliphatic carbocycles. The molecule has 5 aromatic rings. The number of hydrogen-bond acceptors (Lipinski definition) is 2. The van der Waals surface area contributed by atoms with Crippen LogP contribution in [-0.2, 0) is 11.2 Å². The number of carbonyl (C=O) groups is 1. The van der Waals surface area contributed by atoms with E-state index in [1.165, 1.54) is 22.5 Å². The summed E-state index contributed by atoms with van der Waals surface area (Å²) in [5.41, 5.74) is 4.26. The minimum atomic E-state index is -0.0521. The molecule has 0 atom stereocenters. The number of hydrogen-bond donors (Lipinski definition) is 3. The molecule has 0 fully saturated rings. The molecule has 1 amide bonds. The summed E-state index contributed by atoms with van der Waals surface area (Å²) in [6, 6.07) is 29.2. The Morgan fingerprint density at radius 3 is 2.10 bits per heavy atom. The van der Waals surface area contributed by atoms with Crippen LogP contribution >= 0.6 is 0 Å². The number of aromatic amines is 2. The number of benzene rings is 3. The lowest BCUT2D eigenvalue weighted by molar-refractivity contribution is -0.116. The molecule has 3 heterocycles. The smallest absolute Gasteiger partial charge is 0.248 e. The highest BCUT2D eigenvalue weighted by atomic mass is 16.1. The number of aryl methyl sites for hydroxylation is 1. The lowest BCUT2D eigenvalue weighted by atomic mass is 10.0. The number of pyridine rings is 1. The highest BCUT2D eigenvalue weighted by molar-refractivity contribution is 5.93. The van der Waals surface area contributed by atoms with Gasteiger partial charge in [-0.05, 0) is 53.1 Å². The van der Waals surface area contributed by atoms with Crippen molar-refractivity contribution < 1.29 is 4.79 Å². The average molecular weight is 409 g/mol. The van der Waals surface area contributed by atoms with E-state index in [-0.39, 0.29) is 11.5 Å². The molecular formula is C26H23N3O2. The zero-order chi connectivity index (χ0) is 21.5. The maximum Gasteiger partial charge on any atom is 0.248 e. The van der Waals surface area contributed by atoms with Gasteiger partial charge in [-0.3, -0.25) is 9.59 Å². The second-order valence-electron chi connectivity index (χ2n) is 7.18. The van der Waals surface area contributed by atoms with Crippen molar-refractivity contribution in [2.75, 3.05) is 5.32 Å². The Bertz CT molecular complexity index is 1340. The lowest BCUT2D eigenvalue weighted by Gasteiger charge is -2.15. The van der Waals surface area contributed by atoms with Crippen LogP contribution in [0.5, 0.6) is 0 Å². The van der Waals surface area contributed by atoms with Crippen LogP contribution in [0.25, 0.3) is 21.8 Å². The van der Waals surface area contributed by atoms with Crippen LogP contribution in [0.4, 0.5) is 5.69 Å². The normalized spacial score (nSPS) is 12.1. The third kappa shape index (κ3) is 5.28. The van der Waals surface area contributed by atoms with Crippen molar-refractivity contribution in [3.05, 3.63) is 113 Å². The van der Waals surface area contributed by atoms with Crippen molar-refractivity contribution in [3.8, 4) is 0 Å². The third-order valence-corrected chi connectivity index (χ3v) is 5.01. The Morgan fingerprint density at radius 1 is 0.613 bits per heavy atom. The van der Waals surface area contributed by atoms with E-state index >= 15 is 0 Å².